The second-order valence-electron chi connectivity index (χ2n) is 6.98. The van der Waals surface area contributed by atoms with Gasteiger partial charge in [0.25, 0.3) is 8.53 Å². The lowest BCUT2D eigenvalue weighted by Crippen LogP contribution is -2.33. The molecule has 0 bridgehead atoms. The third-order valence-corrected chi connectivity index (χ3v) is 5.90. The van der Waals surface area contributed by atoms with Gasteiger partial charge in [0.15, 0.2) is 0 Å². The summed E-state index contributed by atoms with van der Waals surface area (Å²) in [5, 5.41) is 12.0. The van der Waals surface area contributed by atoms with Gasteiger partial charge in [-0.3, -0.25) is 0 Å². The topological polar surface area (TPSA) is 57.5 Å². The summed E-state index contributed by atoms with van der Waals surface area (Å²) in [5.74, 6) is 0. The van der Waals surface area contributed by atoms with Crippen LogP contribution < -0.4 is 5.32 Å². The number of rotatable bonds is 16. The van der Waals surface area contributed by atoms with Crippen LogP contribution in [-0.2, 0) is 9.05 Å². The molecule has 0 aliphatic carbocycles. The molecule has 1 atom stereocenters. The minimum Gasteiger partial charge on any atom is -0.385 e. The van der Waals surface area contributed by atoms with Crippen molar-refractivity contribution >= 4 is 8.53 Å². The Balaban J connectivity index is 4.11. The molecule has 0 aliphatic heterocycles. The highest BCUT2D eigenvalue weighted by molar-refractivity contribution is 7.44. The van der Waals surface area contributed by atoms with Gasteiger partial charge in [0.1, 0.15) is 0 Å². The molecule has 5 nitrogen and oxygen atoms in total. The summed E-state index contributed by atoms with van der Waals surface area (Å²) in [7, 11) is -1.11. The average Bonchev–Trinajstić information content (AvgIpc) is 2.55. The van der Waals surface area contributed by atoms with Crippen molar-refractivity contribution in [1.82, 2.24) is 9.99 Å². The molecule has 0 aliphatic rings. The van der Waals surface area contributed by atoms with Crippen LogP contribution >= 0.6 is 8.53 Å². The van der Waals surface area contributed by atoms with E-state index in [0.29, 0.717) is 31.7 Å². The maximum Gasteiger partial charge on any atom is 0.259 e. The van der Waals surface area contributed by atoms with Crippen LogP contribution in [0.25, 0.3) is 0 Å². The Morgan fingerprint density at radius 2 is 1.62 bits per heavy atom. The first-order chi connectivity index (χ1) is 12.3. The Bertz CT molecular complexity index is 439. The molecule has 0 saturated carbocycles. The van der Waals surface area contributed by atoms with Crippen molar-refractivity contribution in [1.29, 1.82) is 5.26 Å². The van der Waals surface area contributed by atoms with Gasteiger partial charge in [0, 0.05) is 24.3 Å². The molecule has 0 rings (SSSR count). The van der Waals surface area contributed by atoms with Crippen molar-refractivity contribution < 1.29 is 9.05 Å². The first-order valence-corrected chi connectivity index (χ1v) is 10.7. The van der Waals surface area contributed by atoms with Crippen LogP contribution in [0.1, 0.15) is 66.7 Å². The Hall–Kier alpha value is -0.920. The van der Waals surface area contributed by atoms with E-state index in [0.717, 1.165) is 43.5 Å². The highest BCUT2D eigenvalue weighted by atomic mass is 31.2. The highest BCUT2D eigenvalue weighted by Crippen LogP contribution is 2.46. The predicted molar refractivity (Wildman–Crippen MR) is 112 cm³/mol. The lowest BCUT2D eigenvalue weighted by molar-refractivity contribution is 0.174. The minimum absolute atomic E-state index is 0.343. The maximum absolute atomic E-state index is 8.73. The summed E-state index contributed by atoms with van der Waals surface area (Å²) in [6, 6.07) is 2.81. The summed E-state index contributed by atoms with van der Waals surface area (Å²) in [6.45, 7) is 20.4. The van der Waals surface area contributed by atoms with Crippen molar-refractivity contribution in [3.8, 4) is 6.07 Å². The largest absolute Gasteiger partial charge is 0.385 e. The van der Waals surface area contributed by atoms with Crippen LogP contribution in [0, 0.1) is 11.3 Å². The number of allylic oxidation sites excluding steroid dienone is 1. The number of hydrogen-bond acceptors (Lipinski definition) is 5. The van der Waals surface area contributed by atoms with Gasteiger partial charge in [-0.25, -0.2) is 4.67 Å². The van der Waals surface area contributed by atoms with Gasteiger partial charge in [-0.15, -0.1) is 0 Å². The van der Waals surface area contributed by atoms with Gasteiger partial charge < -0.3 is 14.4 Å². The normalized spacial score (nSPS) is 12.4. The van der Waals surface area contributed by atoms with Gasteiger partial charge >= 0.3 is 0 Å². The van der Waals surface area contributed by atoms with Crippen LogP contribution in [0.3, 0.4) is 0 Å². The van der Waals surface area contributed by atoms with Gasteiger partial charge in [-0.1, -0.05) is 26.0 Å². The van der Waals surface area contributed by atoms with Crippen LogP contribution in [0.5, 0.6) is 0 Å². The van der Waals surface area contributed by atoms with Crippen molar-refractivity contribution in [2.75, 3.05) is 19.8 Å². The predicted octanol–water partition coefficient (Wildman–Crippen LogP) is 5.52. The zero-order valence-electron chi connectivity index (χ0n) is 17.4. The summed E-state index contributed by atoms with van der Waals surface area (Å²) in [4.78, 5) is 0. The molecule has 0 fully saturated rings. The van der Waals surface area contributed by atoms with Crippen LogP contribution in [0.15, 0.2) is 24.4 Å². The van der Waals surface area contributed by atoms with E-state index in [1.54, 1.807) is 0 Å². The molecule has 0 aromatic rings. The monoisotopic (exact) mass is 383 g/mol. The molecule has 1 N–H and O–H groups in total. The van der Waals surface area contributed by atoms with Gasteiger partial charge in [0.05, 0.1) is 25.7 Å². The number of unbranched alkanes of at least 4 members (excludes halogenated alkanes) is 3. The van der Waals surface area contributed by atoms with Crippen LogP contribution in [0.2, 0.25) is 0 Å². The molecular formula is C20H38N3O2P. The zero-order valence-corrected chi connectivity index (χ0v) is 18.3. The van der Waals surface area contributed by atoms with E-state index in [1.165, 1.54) is 0 Å². The third-order valence-electron chi connectivity index (χ3n) is 3.79. The van der Waals surface area contributed by atoms with Gasteiger partial charge in [0.2, 0.25) is 0 Å². The third kappa shape index (κ3) is 11.6. The fraction of sp³-hybridized carbons (Fsp3) is 0.750. The Morgan fingerprint density at radius 3 is 2.15 bits per heavy atom. The molecule has 0 aromatic heterocycles. The van der Waals surface area contributed by atoms with E-state index >= 15 is 0 Å². The van der Waals surface area contributed by atoms with Crippen molar-refractivity contribution in [2.24, 2.45) is 0 Å². The number of nitrogens with zero attached hydrogens (tertiary/aromatic N) is 2. The van der Waals surface area contributed by atoms with E-state index in [1.807, 2.05) is 6.92 Å². The minimum atomic E-state index is -1.11. The number of hydrogen-bond donors (Lipinski definition) is 1. The van der Waals surface area contributed by atoms with E-state index in [9.17, 15) is 0 Å². The Labute approximate surface area is 162 Å². The number of nitrogens with one attached hydrogen (secondary N) is 1. The second-order valence-corrected chi connectivity index (χ2v) is 8.43. The van der Waals surface area contributed by atoms with E-state index < -0.39 is 8.53 Å². The van der Waals surface area contributed by atoms with Gasteiger partial charge in [-0.05, 0) is 53.0 Å². The first-order valence-electron chi connectivity index (χ1n) is 9.61. The highest BCUT2D eigenvalue weighted by Gasteiger charge is 2.26. The zero-order chi connectivity index (χ0) is 19.9. The SMILES string of the molecule is C=C(C)C(=C)NCCCCCCOP(OCCC#N)N(C(C)C)C(C)C. The Kier molecular flexibility index (Phi) is 14.6. The molecule has 0 amide bonds. The quantitative estimate of drug-likeness (QED) is 0.216. The maximum atomic E-state index is 8.73. The molecule has 0 saturated heterocycles. The fourth-order valence-corrected chi connectivity index (χ4v) is 4.06. The number of nitriles is 1. The molecule has 150 valence electrons. The molecule has 1 unspecified atom stereocenters. The van der Waals surface area contributed by atoms with Crippen LogP contribution in [0.4, 0.5) is 0 Å². The summed E-state index contributed by atoms with van der Waals surface area (Å²) in [5.41, 5.74) is 1.92. The van der Waals surface area contributed by atoms with Crippen molar-refractivity contribution in [3.05, 3.63) is 24.4 Å². The van der Waals surface area contributed by atoms with Crippen LogP contribution in [-0.4, -0.2) is 36.5 Å². The van der Waals surface area contributed by atoms with E-state index in [4.69, 9.17) is 14.3 Å². The molecule has 0 spiro atoms. The first kappa shape index (κ1) is 25.1. The standard InChI is InChI=1S/C20H38N3O2P/c1-17(2)20(7)22-14-10-8-9-11-15-24-26(25-16-12-13-21)23(18(3)4)19(5)6/h18-19,22H,1,7-12,14-16H2,2-6H3. The summed E-state index contributed by atoms with van der Waals surface area (Å²) in [6.07, 6.45) is 4.82. The lowest BCUT2D eigenvalue weighted by atomic mass is 10.2. The average molecular weight is 384 g/mol. The molecule has 0 heterocycles. The summed E-state index contributed by atoms with van der Waals surface area (Å²) >= 11 is 0. The molecule has 0 aromatic carbocycles. The van der Waals surface area contributed by atoms with Gasteiger partial charge in [-0.2, -0.15) is 5.26 Å². The summed E-state index contributed by atoms with van der Waals surface area (Å²) < 4.78 is 14.2. The second kappa shape index (κ2) is 15.2. The van der Waals surface area contributed by atoms with Crippen molar-refractivity contribution in [2.45, 2.75) is 78.8 Å². The lowest BCUT2D eigenvalue weighted by Gasteiger charge is -2.35. The smallest absolute Gasteiger partial charge is 0.259 e. The Morgan fingerprint density at radius 1 is 1.04 bits per heavy atom. The van der Waals surface area contributed by atoms with E-state index in [-0.39, 0.29) is 0 Å². The molecule has 0 radical (unpaired) electrons. The van der Waals surface area contributed by atoms with Crippen molar-refractivity contribution in [3.63, 3.8) is 0 Å². The molecule has 26 heavy (non-hydrogen) atoms. The molecule has 6 heteroatoms. The molecular weight excluding hydrogens is 345 g/mol. The fourth-order valence-electron chi connectivity index (χ4n) is 2.43. The van der Waals surface area contributed by atoms with E-state index in [2.05, 4.69) is 56.9 Å².